The van der Waals surface area contributed by atoms with Crippen molar-refractivity contribution in [2.45, 2.75) is 37.9 Å². The quantitative estimate of drug-likeness (QED) is 0.620. The van der Waals surface area contributed by atoms with Crippen molar-refractivity contribution in [1.82, 2.24) is 4.90 Å². The molecule has 1 unspecified atom stereocenters. The standard InChI is InChI=1S/C11H17NO2/c1-2-10-9(13)5-11(14-10)7-12-4-3-8(11)6-12/h8,10H,2-7H2,1H3/t8-,10+,11+/m1/s1. The van der Waals surface area contributed by atoms with Crippen LogP contribution in [0.25, 0.3) is 0 Å². The largest absolute Gasteiger partial charge is 0.362 e. The van der Waals surface area contributed by atoms with Gasteiger partial charge in [-0.2, -0.15) is 0 Å². The van der Waals surface area contributed by atoms with Crippen LogP contribution in [0.5, 0.6) is 0 Å². The number of fused-ring (bicyclic) bond motifs is 3. The van der Waals surface area contributed by atoms with E-state index in [0.29, 0.717) is 18.1 Å². The number of carbonyl (C=O) groups is 1. The van der Waals surface area contributed by atoms with Crippen LogP contribution in [0, 0.1) is 5.92 Å². The van der Waals surface area contributed by atoms with Crippen LogP contribution in [-0.4, -0.2) is 42.0 Å². The predicted molar refractivity (Wildman–Crippen MR) is 52.1 cm³/mol. The number of nitrogens with zero attached hydrogens (tertiary/aromatic N) is 1. The fourth-order valence-electron chi connectivity index (χ4n) is 3.36. The van der Waals surface area contributed by atoms with Gasteiger partial charge in [-0.05, 0) is 19.4 Å². The molecule has 14 heavy (non-hydrogen) atoms. The van der Waals surface area contributed by atoms with Crippen LogP contribution in [0.2, 0.25) is 0 Å². The van der Waals surface area contributed by atoms with E-state index in [9.17, 15) is 4.79 Å². The van der Waals surface area contributed by atoms with E-state index in [4.69, 9.17) is 4.74 Å². The monoisotopic (exact) mass is 195 g/mol. The molecule has 78 valence electrons. The zero-order valence-corrected chi connectivity index (χ0v) is 8.66. The summed E-state index contributed by atoms with van der Waals surface area (Å²) in [5.41, 5.74) is -0.0734. The molecule has 0 aromatic heterocycles. The third-order valence-corrected chi connectivity index (χ3v) is 4.09. The summed E-state index contributed by atoms with van der Waals surface area (Å²) in [7, 11) is 0. The molecule has 3 aliphatic heterocycles. The zero-order valence-electron chi connectivity index (χ0n) is 8.66. The smallest absolute Gasteiger partial charge is 0.164 e. The molecule has 3 heteroatoms. The Morgan fingerprint density at radius 2 is 2.50 bits per heavy atom. The number of ether oxygens (including phenoxy) is 1. The molecule has 0 radical (unpaired) electrons. The fourth-order valence-corrected chi connectivity index (χ4v) is 3.36. The lowest BCUT2D eigenvalue weighted by atomic mass is 9.85. The molecule has 3 rings (SSSR count). The molecule has 2 bridgehead atoms. The number of carbonyl (C=O) groups excluding carboxylic acids is 1. The Labute approximate surface area is 84.4 Å². The van der Waals surface area contributed by atoms with Gasteiger partial charge in [-0.25, -0.2) is 0 Å². The van der Waals surface area contributed by atoms with Crippen molar-refractivity contribution in [1.29, 1.82) is 0 Å². The molecule has 0 aliphatic carbocycles. The molecule has 3 fully saturated rings. The van der Waals surface area contributed by atoms with Gasteiger partial charge in [0.1, 0.15) is 6.10 Å². The first-order valence-electron chi connectivity index (χ1n) is 5.66. The lowest BCUT2D eigenvalue weighted by molar-refractivity contribution is -0.124. The molecule has 3 heterocycles. The van der Waals surface area contributed by atoms with Gasteiger partial charge in [-0.15, -0.1) is 0 Å². The second-order valence-electron chi connectivity index (χ2n) is 4.94. The minimum atomic E-state index is -0.101. The van der Waals surface area contributed by atoms with Gasteiger partial charge in [0.15, 0.2) is 5.78 Å². The highest BCUT2D eigenvalue weighted by Crippen LogP contribution is 2.45. The van der Waals surface area contributed by atoms with Crippen LogP contribution in [-0.2, 0) is 9.53 Å². The first-order chi connectivity index (χ1) is 6.73. The summed E-state index contributed by atoms with van der Waals surface area (Å²) in [4.78, 5) is 14.1. The van der Waals surface area contributed by atoms with Crippen molar-refractivity contribution in [2.75, 3.05) is 19.6 Å². The summed E-state index contributed by atoms with van der Waals surface area (Å²) < 4.78 is 6.01. The van der Waals surface area contributed by atoms with E-state index in [-0.39, 0.29) is 11.7 Å². The van der Waals surface area contributed by atoms with E-state index in [2.05, 4.69) is 4.90 Å². The molecule has 1 spiro atoms. The minimum Gasteiger partial charge on any atom is -0.362 e. The van der Waals surface area contributed by atoms with Gasteiger partial charge < -0.3 is 9.64 Å². The SMILES string of the molecule is CC[C@@H]1O[C@@]2(CC1=O)CN1CC[C@@H]2C1. The Bertz CT molecular complexity index is 278. The molecule has 0 N–H and O–H groups in total. The molecule has 0 amide bonds. The van der Waals surface area contributed by atoms with Crippen molar-refractivity contribution in [3.8, 4) is 0 Å². The fraction of sp³-hybridized carbons (Fsp3) is 0.909. The number of rotatable bonds is 1. The van der Waals surface area contributed by atoms with Crippen LogP contribution in [0.1, 0.15) is 26.2 Å². The van der Waals surface area contributed by atoms with Crippen LogP contribution >= 0.6 is 0 Å². The lowest BCUT2D eigenvalue weighted by Crippen LogP contribution is -2.42. The maximum absolute atomic E-state index is 11.7. The minimum absolute atomic E-state index is 0.0734. The highest BCUT2D eigenvalue weighted by Gasteiger charge is 2.57. The van der Waals surface area contributed by atoms with E-state index < -0.39 is 0 Å². The number of ketones is 1. The maximum Gasteiger partial charge on any atom is 0.164 e. The molecule has 3 nitrogen and oxygen atoms in total. The van der Waals surface area contributed by atoms with Crippen LogP contribution in [0.15, 0.2) is 0 Å². The summed E-state index contributed by atoms with van der Waals surface area (Å²) in [5.74, 6) is 0.962. The number of hydrogen-bond donors (Lipinski definition) is 0. The first kappa shape index (κ1) is 8.86. The van der Waals surface area contributed by atoms with Crippen molar-refractivity contribution < 1.29 is 9.53 Å². The van der Waals surface area contributed by atoms with E-state index in [1.165, 1.54) is 13.0 Å². The lowest BCUT2D eigenvalue weighted by Gasteiger charge is -2.32. The zero-order chi connectivity index (χ0) is 9.76. The van der Waals surface area contributed by atoms with Gasteiger partial charge >= 0.3 is 0 Å². The Morgan fingerprint density at radius 3 is 3.00 bits per heavy atom. The van der Waals surface area contributed by atoms with Crippen molar-refractivity contribution >= 4 is 5.78 Å². The van der Waals surface area contributed by atoms with Gasteiger partial charge in [0, 0.05) is 25.4 Å². The highest BCUT2D eigenvalue weighted by atomic mass is 16.5. The van der Waals surface area contributed by atoms with E-state index >= 15 is 0 Å². The molecule has 3 aliphatic rings. The second-order valence-corrected chi connectivity index (χ2v) is 4.94. The normalized spacial score (nSPS) is 50.9. The molecule has 0 aromatic carbocycles. The second kappa shape index (κ2) is 2.80. The molecule has 4 atom stereocenters. The van der Waals surface area contributed by atoms with Gasteiger partial charge in [0.05, 0.1) is 5.60 Å². The van der Waals surface area contributed by atoms with Gasteiger partial charge in [-0.3, -0.25) is 4.79 Å². The highest BCUT2D eigenvalue weighted by molar-refractivity contribution is 5.86. The molecule has 0 aromatic rings. The molecule has 0 saturated carbocycles. The van der Waals surface area contributed by atoms with E-state index in [1.807, 2.05) is 6.92 Å². The van der Waals surface area contributed by atoms with Crippen LogP contribution in [0.4, 0.5) is 0 Å². The molecular weight excluding hydrogens is 178 g/mol. The summed E-state index contributed by atoms with van der Waals surface area (Å²) in [6.45, 7) is 5.40. The summed E-state index contributed by atoms with van der Waals surface area (Å²) in [6.07, 6.45) is 2.64. The molecular formula is C11H17NO2. The van der Waals surface area contributed by atoms with E-state index in [0.717, 1.165) is 19.5 Å². The topological polar surface area (TPSA) is 29.5 Å². The Hall–Kier alpha value is -0.410. The van der Waals surface area contributed by atoms with Gasteiger partial charge in [0.2, 0.25) is 0 Å². The average molecular weight is 195 g/mol. The summed E-state index contributed by atoms with van der Waals surface area (Å²) in [6, 6.07) is 0. The predicted octanol–water partition coefficient (Wildman–Crippen LogP) is 0.829. The number of hydrogen-bond acceptors (Lipinski definition) is 3. The maximum atomic E-state index is 11.7. The average Bonchev–Trinajstić information content (AvgIpc) is 2.80. The summed E-state index contributed by atoms with van der Waals surface area (Å²) in [5, 5.41) is 0. The van der Waals surface area contributed by atoms with Crippen LogP contribution < -0.4 is 0 Å². The van der Waals surface area contributed by atoms with E-state index in [1.54, 1.807) is 0 Å². The Kier molecular flexibility index (Phi) is 1.77. The van der Waals surface area contributed by atoms with Crippen molar-refractivity contribution in [2.24, 2.45) is 5.92 Å². The van der Waals surface area contributed by atoms with Gasteiger partial charge in [0.25, 0.3) is 0 Å². The summed E-state index contributed by atoms with van der Waals surface area (Å²) >= 11 is 0. The van der Waals surface area contributed by atoms with Crippen LogP contribution in [0.3, 0.4) is 0 Å². The van der Waals surface area contributed by atoms with Gasteiger partial charge in [-0.1, -0.05) is 6.92 Å². The third-order valence-electron chi connectivity index (χ3n) is 4.09. The van der Waals surface area contributed by atoms with Crippen molar-refractivity contribution in [3.63, 3.8) is 0 Å². The number of piperidine rings is 1. The Morgan fingerprint density at radius 1 is 1.64 bits per heavy atom. The third kappa shape index (κ3) is 1.03. The first-order valence-corrected chi connectivity index (χ1v) is 5.66. The Balaban J connectivity index is 1.83. The number of Topliss-reactive ketones (excluding diaryl/α,β-unsaturated/α-hetero) is 1. The molecule has 3 saturated heterocycles. The van der Waals surface area contributed by atoms with Crippen molar-refractivity contribution in [3.05, 3.63) is 0 Å².